The standard InChI is InChI=1S/C24H26N2O5S/c1-18(19-14-15-22(30-2)23(16-19)31-3)25-24(27)17-26(20-10-6-4-7-11-20)32(28,29)21-12-8-5-9-13-21/h4-16,18H,17H2,1-3H3,(H,25,27)/t18-/m1/s1. The molecule has 0 saturated heterocycles. The fraction of sp³-hybridized carbons (Fsp3) is 0.208. The van der Waals surface area contributed by atoms with E-state index in [9.17, 15) is 13.2 Å². The molecule has 32 heavy (non-hydrogen) atoms. The summed E-state index contributed by atoms with van der Waals surface area (Å²) in [6, 6.07) is 21.6. The van der Waals surface area contributed by atoms with E-state index < -0.39 is 15.9 Å². The van der Waals surface area contributed by atoms with E-state index in [4.69, 9.17) is 9.47 Å². The molecular formula is C24H26N2O5S. The fourth-order valence-electron chi connectivity index (χ4n) is 3.25. The number of sulfonamides is 1. The minimum Gasteiger partial charge on any atom is -0.493 e. The van der Waals surface area contributed by atoms with E-state index in [-0.39, 0.29) is 17.5 Å². The van der Waals surface area contributed by atoms with Gasteiger partial charge in [-0.3, -0.25) is 9.10 Å². The van der Waals surface area contributed by atoms with Crippen LogP contribution in [0, 0.1) is 0 Å². The van der Waals surface area contributed by atoms with Crippen LogP contribution >= 0.6 is 0 Å². The third kappa shape index (κ3) is 5.20. The highest BCUT2D eigenvalue weighted by Crippen LogP contribution is 2.30. The lowest BCUT2D eigenvalue weighted by atomic mass is 10.1. The fourth-order valence-corrected chi connectivity index (χ4v) is 4.69. The molecule has 0 fully saturated rings. The Kier molecular flexibility index (Phi) is 7.37. The summed E-state index contributed by atoms with van der Waals surface area (Å²) in [5.74, 6) is 0.693. The lowest BCUT2D eigenvalue weighted by molar-refractivity contribution is -0.120. The number of methoxy groups -OCH3 is 2. The van der Waals surface area contributed by atoms with Crippen LogP contribution < -0.4 is 19.1 Å². The highest BCUT2D eigenvalue weighted by molar-refractivity contribution is 7.92. The van der Waals surface area contributed by atoms with Crippen molar-refractivity contribution in [1.29, 1.82) is 0 Å². The molecule has 0 heterocycles. The first-order valence-corrected chi connectivity index (χ1v) is 11.4. The zero-order valence-corrected chi connectivity index (χ0v) is 19.0. The van der Waals surface area contributed by atoms with Crippen LogP contribution in [-0.4, -0.2) is 35.1 Å². The number of anilines is 1. The molecule has 1 N–H and O–H groups in total. The molecule has 0 aromatic heterocycles. The zero-order valence-electron chi connectivity index (χ0n) is 18.2. The van der Waals surface area contributed by atoms with Crippen LogP contribution in [0.4, 0.5) is 5.69 Å². The van der Waals surface area contributed by atoms with Crippen molar-refractivity contribution in [3.63, 3.8) is 0 Å². The smallest absolute Gasteiger partial charge is 0.264 e. The van der Waals surface area contributed by atoms with Gasteiger partial charge >= 0.3 is 0 Å². The molecule has 0 saturated carbocycles. The Balaban J connectivity index is 1.83. The Bertz CT molecular complexity index is 1150. The second-order valence-electron chi connectivity index (χ2n) is 7.06. The van der Waals surface area contributed by atoms with Crippen molar-refractivity contribution < 1.29 is 22.7 Å². The van der Waals surface area contributed by atoms with E-state index >= 15 is 0 Å². The number of hydrogen-bond acceptors (Lipinski definition) is 5. The maximum atomic E-state index is 13.3. The van der Waals surface area contributed by atoms with Crippen LogP contribution in [0.5, 0.6) is 11.5 Å². The quantitative estimate of drug-likeness (QED) is 0.532. The molecule has 0 bridgehead atoms. The second-order valence-corrected chi connectivity index (χ2v) is 8.93. The highest BCUT2D eigenvalue weighted by atomic mass is 32.2. The molecular weight excluding hydrogens is 428 g/mol. The maximum Gasteiger partial charge on any atom is 0.264 e. The number of nitrogens with zero attached hydrogens (tertiary/aromatic N) is 1. The first-order valence-electron chi connectivity index (χ1n) is 10.0. The molecule has 3 aromatic carbocycles. The minimum atomic E-state index is -3.93. The van der Waals surface area contributed by atoms with Gasteiger partial charge in [0.05, 0.1) is 30.8 Å². The van der Waals surface area contributed by atoms with Crippen molar-refractivity contribution in [2.45, 2.75) is 17.9 Å². The summed E-state index contributed by atoms with van der Waals surface area (Å²) in [4.78, 5) is 13.0. The number of carbonyl (C=O) groups excluding carboxylic acids is 1. The first-order chi connectivity index (χ1) is 15.4. The van der Waals surface area contributed by atoms with Gasteiger partial charge in [-0.1, -0.05) is 42.5 Å². The Morgan fingerprint density at radius 1 is 0.906 bits per heavy atom. The van der Waals surface area contributed by atoms with E-state index in [1.54, 1.807) is 67.8 Å². The van der Waals surface area contributed by atoms with Crippen LogP contribution in [0.2, 0.25) is 0 Å². The summed E-state index contributed by atoms with van der Waals surface area (Å²) in [6.07, 6.45) is 0. The Morgan fingerprint density at radius 3 is 2.09 bits per heavy atom. The summed E-state index contributed by atoms with van der Waals surface area (Å²) in [6.45, 7) is 1.45. The van der Waals surface area contributed by atoms with E-state index in [2.05, 4.69) is 5.32 Å². The van der Waals surface area contributed by atoms with Gasteiger partial charge in [0.15, 0.2) is 11.5 Å². The van der Waals surface area contributed by atoms with Crippen molar-refractivity contribution in [2.75, 3.05) is 25.1 Å². The van der Waals surface area contributed by atoms with Gasteiger partial charge in [-0.05, 0) is 48.9 Å². The summed E-state index contributed by atoms with van der Waals surface area (Å²) >= 11 is 0. The Hall–Kier alpha value is -3.52. The molecule has 1 amide bonds. The van der Waals surface area contributed by atoms with Crippen molar-refractivity contribution in [1.82, 2.24) is 5.32 Å². The van der Waals surface area contributed by atoms with Crippen LogP contribution in [-0.2, 0) is 14.8 Å². The van der Waals surface area contributed by atoms with Gasteiger partial charge in [-0.15, -0.1) is 0 Å². The summed E-state index contributed by atoms with van der Waals surface area (Å²) in [5, 5.41) is 2.87. The largest absolute Gasteiger partial charge is 0.493 e. The third-order valence-corrected chi connectivity index (χ3v) is 6.74. The van der Waals surface area contributed by atoms with Crippen molar-refractivity contribution in [3.8, 4) is 11.5 Å². The minimum absolute atomic E-state index is 0.115. The third-order valence-electron chi connectivity index (χ3n) is 4.95. The molecule has 7 nitrogen and oxygen atoms in total. The molecule has 0 aliphatic carbocycles. The van der Waals surface area contributed by atoms with Gasteiger partial charge in [-0.2, -0.15) is 0 Å². The lowest BCUT2D eigenvalue weighted by Gasteiger charge is -2.25. The molecule has 0 radical (unpaired) electrons. The number of amides is 1. The van der Waals surface area contributed by atoms with Crippen LogP contribution in [0.1, 0.15) is 18.5 Å². The highest BCUT2D eigenvalue weighted by Gasteiger charge is 2.27. The van der Waals surface area contributed by atoms with Gasteiger partial charge < -0.3 is 14.8 Å². The number of hydrogen-bond donors (Lipinski definition) is 1. The van der Waals surface area contributed by atoms with Crippen LogP contribution in [0.3, 0.4) is 0 Å². The molecule has 168 valence electrons. The lowest BCUT2D eigenvalue weighted by Crippen LogP contribution is -2.41. The summed E-state index contributed by atoms with van der Waals surface area (Å²) in [5.41, 5.74) is 1.21. The van der Waals surface area contributed by atoms with E-state index in [0.29, 0.717) is 17.2 Å². The van der Waals surface area contributed by atoms with Crippen LogP contribution in [0.15, 0.2) is 83.8 Å². The first kappa shape index (κ1) is 23.1. The number of benzene rings is 3. The van der Waals surface area contributed by atoms with E-state index in [1.807, 2.05) is 13.0 Å². The normalized spacial score (nSPS) is 12.0. The Morgan fingerprint density at radius 2 is 1.50 bits per heavy atom. The molecule has 0 spiro atoms. The van der Waals surface area contributed by atoms with Gasteiger partial charge in [0, 0.05) is 0 Å². The zero-order chi connectivity index (χ0) is 23.1. The average Bonchev–Trinajstić information content (AvgIpc) is 2.83. The van der Waals surface area contributed by atoms with Gasteiger partial charge in [0.25, 0.3) is 10.0 Å². The predicted octanol–water partition coefficient (Wildman–Crippen LogP) is 3.78. The van der Waals surface area contributed by atoms with Gasteiger partial charge in [0.2, 0.25) is 5.91 Å². The number of rotatable bonds is 9. The monoisotopic (exact) mass is 454 g/mol. The van der Waals surface area contributed by atoms with Crippen LogP contribution in [0.25, 0.3) is 0 Å². The SMILES string of the molecule is COc1ccc([C@@H](C)NC(=O)CN(c2ccccc2)S(=O)(=O)c2ccccc2)cc1OC. The second kappa shape index (κ2) is 10.2. The Labute approximate surface area is 188 Å². The number of nitrogens with one attached hydrogen (secondary N) is 1. The average molecular weight is 455 g/mol. The molecule has 0 aliphatic heterocycles. The van der Waals surface area contributed by atoms with E-state index in [1.165, 1.54) is 19.2 Å². The molecule has 1 atom stereocenters. The van der Waals surface area contributed by atoms with Crippen molar-refractivity contribution in [2.24, 2.45) is 0 Å². The molecule has 0 unspecified atom stereocenters. The van der Waals surface area contributed by atoms with Crippen molar-refractivity contribution in [3.05, 3.63) is 84.4 Å². The molecule has 3 rings (SSSR count). The summed E-state index contributed by atoms with van der Waals surface area (Å²) < 4.78 is 38.3. The molecule has 3 aromatic rings. The topological polar surface area (TPSA) is 84.9 Å². The number of para-hydroxylation sites is 1. The maximum absolute atomic E-state index is 13.3. The molecule has 8 heteroatoms. The predicted molar refractivity (Wildman–Crippen MR) is 124 cm³/mol. The van der Waals surface area contributed by atoms with Crippen molar-refractivity contribution >= 4 is 21.6 Å². The number of carbonyl (C=O) groups is 1. The van der Waals surface area contributed by atoms with E-state index in [0.717, 1.165) is 9.87 Å². The number of ether oxygens (including phenoxy) is 2. The summed E-state index contributed by atoms with van der Waals surface area (Å²) in [7, 11) is -0.845. The van der Waals surface area contributed by atoms with Gasteiger partial charge in [-0.25, -0.2) is 8.42 Å². The van der Waals surface area contributed by atoms with Gasteiger partial charge in [0.1, 0.15) is 6.54 Å². The molecule has 0 aliphatic rings.